The van der Waals surface area contributed by atoms with E-state index in [1.54, 1.807) is 24.8 Å². The maximum absolute atomic E-state index is 11.1. The molecule has 0 saturated carbocycles. The van der Waals surface area contributed by atoms with E-state index >= 15 is 0 Å². The van der Waals surface area contributed by atoms with Gasteiger partial charge >= 0.3 is 0 Å². The first-order valence-corrected chi connectivity index (χ1v) is 11.9. The van der Waals surface area contributed by atoms with Gasteiger partial charge in [0.1, 0.15) is 5.85 Å². The number of aliphatic hydroxyl groups is 1. The summed E-state index contributed by atoms with van der Waals surface area (Å²) in [6, 6.07) is 13.5. The zero-order valence-electron chi connectivity index (χ0n) is 14.5. The van der Waals surface area contributed by atoms with Gasteiger partial charge in [0.2, 0.25) is 0 Å². The quantitative estimate of drug-likeness (QED) is 0.599. The summed E-state index contributed by atoms with van der Waals surface area (Å²) in [6.07, 6.45) is 10.1. The molecule has 0 aliphatic carbocycles. The lowest BCUT2D eigenvalue weighted by atomic mass is 10.3. The first-order chi connectivity index (χ1) is 12.7. The molecule has 1 atom stereocenters. The Kier molecular flexibility index (Phi) is 6.62. The number of aliphatic hydroxyl groups excluding tert-OH is 1. The van der Waals surface area contributed by atoms with Crippen molar-refractivity contribution in [2.45, 2.75) is 18.7 Å². The third kappa shape index (κ3) is 5.04. The predicted molar refractivity (Wildman–Crippen MR) is 109 cm³/mol. The Morgan fingerprint density at radius 2 is 1.46 bits per heavy atom. The standard InChI is InChI=1S/C20H22N3OPS/c24-20(17-6-5-11-21-16-17)25(26,14-9-18-7-1-3-12-22-18)15-10-19-8-2-4-13-23-19/h1-8,11-13,16,20,24H,9-10,14-15H2. The number of hydrogen-bond donors (Lipinski definition) is 1. The SMILES string of the molecule is OC(c1cccnc1)P(=S)(CCc1ccccn1)CCc1ccccn1. The molecule has 0 aliphatic heterocycles. The lowest BCUT2D eigenvalue weighted by Crippen LogP contribution is -2.10. The Hall–Kier alpha value is -1.94. The van der Waals surface area contributed by atoms with Gasteiger partial charge < -0.3 is 5.11 Å². The van der Waals surface area contributed by atoms with E-state index in [9.17, 15) is 5.11 Å². The van der Waals surface area contributed by atoms with Crippen molar-refractivity contribution in [1.29, 1.82) is 0 Å². The van der Waals surface area contributed by atoms with Crippen molar-refractivity contribution in [3.8, 4) is 0 Å². The fraction of sp³-hybridized carbons (Fsp3) is 0.250. The molecule has 0 radical (unpaired) electrons. The van der Waals surface area contributed by atoms with Crippen LogP contribution in [0.4, 0.5) is 0 Å². The lowest BCUT2D eigenvalue weighted by molar-refractivity contribution is 0.262. The topological polar surface area (TPSA) is 58.9 Å². The summed E-state index contributed by atoms with van der Waals surface area (Å²) in [7, 11) is 0. The van der Waals surface area contributed by atoms with E-state index in [1.807, 2.05) is 48.5 Å². The van der Waals surface area contributed by atoms with Crippen LogP contribution in [-0.4, -0.2) is 32.4 Å². The van der Waals surface area contributed by atoms with Gasteiger partial charge in [-0.25, -0.2) is 0 Å². The van der Waals surface area contributed by atoms with Gasteiger partial charge in [0.25, 0.3) is 0 Å². The van der Waals surface area contributed by atoms with E-state index in [4.69, 9.17) is 11.8 Å². The third-order valence-electron chi connectivity index (χ3n) is 4.37. The minimum atomic E-state index is -2.09. The molecule has 1 N–H and O–H groups in total. The van der Waals surface area contributed by atoms with Crippen molar-refractivity contribution in [2.24, 2.45) is 0 Å². The van der Waals surface area contributed by atoms with Crippen molar-refractivity contribution < 1.29 is 5.11 Å². The van der Waals surface area contributed by atoms with Gasteiger partial charge in [-0.2, -0.15) is 0 Å². The summed E-state index contributed by atoms with van der Waals surface area (Å²) in [5.74, 6) is -0.654. The third-order valence-corrected chi connectivity index (χ3v) is 9.22. The maximum atomic E-state index is 11.1. The van der Waals surface area contributed by atoms with Crippen LogP contribution in [0, 0.1) is 0 Å². The summed E-state index contributed by atoms with van der Waals surface area (Å²) in [5, 5.41) is 11.1. The first kappa shape index (κ1) is 18.8. The average molecular weight is 383 g/mol. The van der Waals surface area contributed by atoms with Crippen LogP contribution in [0.1, 0.15) is 22.8 Å². The van der Waals surface area contributed by atoms with Gasteiger partial charge in [-0.3, -0.25) is 15.0 Å². The summed E-state index contributed by atoms with van der Waals surface area (Å²) in [5.41, 5.74) is 2.83. The molecule has 26 heavy (non-hydrogen) atoms. The smallest absolute Gasteiger partial charge is 0.109 e. The molecule has 0 amide bonds. The number of hydrogen-bond acceptors (Lipinski definition) is 5. The van der Waals surface area contributed by atoms with Gasteiger partial charge in [-0.05, 0) is 61.5 Å². The van der Waals surface area contributed by atoms with Crippen molar-refractivity contribution in [2.75, 3.05) is 12.3 Å². The number of aryl methyl sites for hydroxylation is 2. The molecule has 0 aliphatic rings. The fourth-order valence-electron chi connectivity index (χ4n) is 2.86. The Labute approximate surface area is 159 Å². The summed E-state index contributed by atoms with van der Waals surface area (Å²) >= 11 is 6.08. The second-order valence-electron chi connectivity index (χ2n) is 6.20. The Morgan fingerprint density at radius 1 is 0.846 bits per heavy atom. The molecule has 0 bridgehead atoms. The molecular weight excluding hydrogens is 361 g/mol. The Bertz CT molecular complexity index is 799. The molecule has 3 aromatic rings. The molecule has 0 aromatic carbocycles. The van der Waals surface area contributed by atoms with Crippen LogP contribution in [0.2, 0.25) is 0 Å². The number of pyridine rings is 3. The van der Waals surface area contributed by atoms with Crippen LogP contribution in [0.25, 0.3) is 0 Å². The van der Waals surface area contributed by atoms with E-state index in [-0.39, 0.29) is 0 Å². The van der Waals surface area contributed by atoms with Crippen molar-refractivity contribution >= 4 is 17.8 Å². The van der Waals surface area contributed by atoms with E-state index in [2.05, 4.69) is 15.0 Å². The summed E-state index contributed by atoms with van der Waals surface area (Å²) in [6.45, 7) is 0. The molecule has 1 unspecified atom stereocenters. The normalized spacial score (nSPS) is 12.7. The van der Waals surface area contributed by atoms with Crippen molar-refractivity contribution in [3.05, 3.63) is 90.3 Å². The monoisotopic (exact) mass is 383 g/mol. The minimum Gasteiger partial charge on any atom is -0.383 e. The maximum Gasteiger partial charge on any atom is 0.109 e. The second-order valence-corrected chi connectivity index (χ2v) is 11.7. The number of rotatable bonds is 8. The highest BCUT2D eigenvalue weighted by Gasteiger charge is 2.28. The molecule has 3 heterocycles. The van der Waals surface area contributed by atoms with Crippen LogP contribution in [0.5, 0.6) is 0 Å². The van der Waals surface area contributed by atoms with Crippen molar-refractivity contribution in [1.82, 2.24) is 15.0 Å². The van der Waals surface area contributed by atoms with E-state index in [1.165, 1.54) is 0 Å². The zero-order valence-corrected chi connectivity index (χ0v) is 16.2. The van der Waals surface area contributed by atoms with Gasteiger partial charge in [-0.15, -0.1) is 0 Å². The largest absolute Gasteiger partial charge is 0.383 e. The van der Waals surface area contributed by atoms with Gasteiger partial charge in [0.05, 0.1) is 0 Å². The average Bonchev–Trinajstić information content (AvgIpc) is 2.72. The van der Waals surface area contributed by atoms with Crippen LogP contribution < -0.4 is 0 Å². The Morgan fingerprint density at radius 3 is 1.92 bits per heavy atom. The van der Waals surface area contributed by atoms with E-state index in [0.29, 0.717) is 0 Å². The van der Waals surface area contributed by atoms with Crippen molar-refractivity contribution in [3.63, 3.8) is 0 Å². The molecule has 0 spiro atoms. The molecule has 134 valence electrons. The van der Waals surface area contributed by atoms with Gasteiger partial charge in [0.15, 0.2) is 0 Å². The van der Waals surface area contributed by atoms with Crippen LogP contribution >= 0.6 is 6.04 Å². The zero-order chi connectivity index (χ0) is 18.2. The molecule has 3 aromatic heterocycles. The molecule has 4 nitrogen and oxygen atoms in total. The highest BCUT2D eigenvalue weighted by atomic mass is 32.4. The highest BCUT2D eigenvalue weighted by molar-refractivity contribution is 8.14. The van der Waals surface area contributed by atoms with E-state index in [0.717, 1.165) is 42.1 Å². The summed E-state index contributed by atoms with van der Waals surface area (Å²) < 4.78 is 0. The molecule has 0 saturated heterocycles. The molecule has 3 rings (SSSR count). The Balaban J connectivity index is 1.78. The summed E-state index contributed by atoms with van der Waals surface area (Å²) in [4.78, 5) is 12.9. The molecular formula is C20H22N3OPS. The first-order valence-electron chi connectivity index (χ1n) is 8.63. The second kappa shape index (κ2) is 9.13. The lowest BCUT2D eigenvalue weighted by Gasteiger charge is -2.28. The van der Waals surface area contributed by atoms with Crippen LogP contribution in [0.3, 0.4) is 0 Å². The van der Waals surface area contributed by atoms with Crippen LogP contribution in [0.15, 0.2) is 73.3 Å². The van der Waals surface area contributed by atoms with E-state index < -0.39 is 11.9 Å². The molecule has 0 fully saturated rings. The fourth-order valence-corrected chi connectivity index (χ4v) is 6.39. The van der Waals surface area contributed by atoms with Gasteiger partial charge in [0, 0.05) is 41.7 Å². The highest BCUT2D eigenvalue weighted by Crippen LogP contribution is 2.58. The molecule has 6 heteroatoms. The van der Waals surface area contributed by atoms with Crippen LogP contribution in [-0.2, 0) is 24.6 Å². The number of aromatic nitrogens is 3. The van der Waals surface area contributed by atoms with Gasteiger partial charge in [-0.1, -0.05) is 30.0 Å². The predicted octanol–water partition coefficient (Wildman–Crippen LogP) is 3.83. The minimum absolute atomic E-state index is 0.654. The number of nitrogens with zero attached hydrogens (tertiary/aromatic N) is 3.